The van der Waals surface area contributed by atoms with Crippen LogP contribution in [0.15, 0.2) is 0 Å². The molecular weight excluding hydrogens is 263 g/mol. The SMILES string of the molecule is O=C(N1CCC(C23CC(C(=O)O)(C2)C3)C1)C(F)(F)F. The van der Waals surface area contributed by atoms with E-state index in [1.54, 1.807) is 0 Å². The summed E-state index contributed by atoms with van der Waals surface area (Å²) in [6.45, 7) is 0.249. The molecule has 4 aliphatic rings. The number of likely N-dealkylation sites (tertiary alicyclic amines) is 1. The first-order chi connectivity index (χ1) is 8.69. The lowest BCUT2D eigenvalue weighted by Gasteiger charge is -2.70. The van der Waals surface area contributed by atoms with E-state index in [-0.39, 0.29) is 24.4 Å². The van der Waals surface area contributed by atoms with Gasteiger partial charge >= 0.3 is 18.1 Å². The van der Waals surface area contributed by atoms with Gasteiger partial charge in [0.05, 0.1) is 5.41 Å². The molecule has 0 radical (unpaired) electrons. The van der Waals surface area contributed by atoms with Crippen LogP contribution in [0.5, 0.6) is 0 Å². The van der Waals surface area contributed by atoms with Crippen molar-refractivity contribution in [3.8, 4) is 0 Å². The van der Waals surface area contributed by atoms with Crippen molar-refractivity contribution in [3.05, 3.63) is 0 Å². The molecule has 19 heavy (non-hydrogen) atoms. The average Bonchev–Trinajstić information content (AvgIpc) is 2.59. The van der Waals surface area contributed by atoms with Gasteiger partial charge in [0.1, 0.15) is 0 Å². The van der Waals surface area contributed by atoms with Gasteiger partial charge in [0.25, 0.3) is 0 Å². The first kappa shape index (κ1) is 12.7. The number of carbonyl (C=O) groups is 2. The van der Waals surface area contributed by atoms with Gasteiger partial charge in [0.15, 0.2) is 0 Å². The van der Waals surface area contributed by atoms with Crippen LogP contribution in [0.2, 0.25) is 0 Å². The Balaban J connectivity index is 1.61. The lowest BCUT2D eigenvalue weighted by Crippen LogP contribution is -2.68. The van der Waals surface area contributed by atoms with Gasteiger partial charge in [-0.2, -0.15) is 13.2 Å². The zero-order chi connectivity index (χ0) is 14.1. The van der Waals surface area contributed by atoms with Crippen molar-refractivity contribution < 1.29 is 27.9 Å². The Morgan fingerprint density at radius 1 is 1.21 bits per heavy atom. The fourth-order valence-electron chi connectivity index (χ4n) is 4.15. The summed E-state index contributed by atoms with van der Waals surface area (Å²) in [5.74, 6) is -2.54. The third-order valence-corrected chi connectivity index (χ3v) is 5.11. The van der Waals surface area contributed by atoms with Crippen molar-refractivity contribution >= 4 is 11.9 Å². The predicted molar refractivity (Wildman–Crippen MR) is 57.1 cm³/mol. The molecule has 0 aromatic heterocycles. The summed E-state index contributed by atoms with van der Waals surface area (Å²) < 4.78 is 37.0. The van der Waals surface area contributed by atoms with Crippen LogP contribution in [0.4, 0.5) is 13.2 Å². The first-order valence-corrected chi connectivity index (χ1v) is 6.28. The van der Waals surface area contributed by atoms with Crippen LogP contribution in [0.1, 0.15) is 25.7 Å². The van der Waals surface area contributed by atoms with E-state index < -0.39 is 23.5 Å². The van der Waals surface area contributed by atoms with E-state index in [1.165, 1.54) is 0 Å². The number of amides is 1. The molecular formula is C12H14F3NO3. The van der Waals surface area contributed by atoms with Crippen LogP contribution in [-0.2, 0) is 9.59 Å². The molecule has 4 fully saturated rings. The molecule has 3 saturated carbocycles. The van der Waals surface area contributed by atoms with E-state index in [2.05, 4.69) is 0 Å². The average molecular weight is 277 g/mol. The van der Waals surface area contributed by atoms with E-state index >= 15 is 0 Å². The van der Waals surface area contributed by atoms with E-state index in [1.807, 2.05) is 0 Å². The molecule has 3 aliphatic carbocycles. The molecule has 1 unspecified atom stereocenters. The Bertz CT molecular complexity index is 440. The second-order valence-electron chi connectivity index (χ2n) is 6.21. The van der Waals surface area contributed by atoms with Crippen molar-refractivity contribution in [2.75, 3.05) is 13.1 Å². The fraction of sp³-hybridized carbons (Fsp3) is 0.833. The highest BCUT2D eigenvalue weighted by atomic mass is 19.4. The number of hydrogen-bond donors (Lipinski definition) is 1. The molecule has 0 spiro atoms. The molecule has 1 aliphatic heterocycles. The number of hydrogen-bond acceptors (Lipinski definition) is 2. The summed E-state index contributed by atoms with van der Waals surface area (Å²) >= 11 is 0. The van der Waals surface area contributed by atoms with Crippen molar-refractivity contribution in [1.82, 2.24) is 4.90 Å². The van der Waals surface area contributed by atoms with Crippen molar-refractivity contribution in [1.29, 1.82) is 0 Å². The number of rotatable bonds is 2. The predicted octanol–water partition coefficient (Wildman–Crippen LogP) is 1.65. The second kappa shape index (κ2) is 3.43. The van der Waals surface area contributed by atoms with E-state index in [4.69, 9.17) is 5.11 Å². The standard InChI is InChI=1S/C12H14F3NO3/c13-12(14,15)8(17)16-2-1-7(3-16)10-4-11(5-10,6-10)9(18)19/h7H,1-6H2,(H,18,19). The quantitative estimate of drug-likeness (QED) is 0.835. The summed E-state index contributed by atoms with van der Waals surface area (Å²) in [6.07, 6.45) is -2.57. The summed E-state index contributed by atoms with van der Waals surface area (Å²) in [6, 6.07) is 0. The van der Waals surface area contributed by atoms with Crippen LogP contribution < -0.4 is 0 Å². The van der Waals surface area contributed by atoms with Gasteiger partial charge in [-0.3, -0.25) is 9.59 Å². The first-order valence-electron chi connectivity index (χ1n) is 6.28. The monoisotopic (exact) mass is 277 g/mol. The van der Waals surface area contributed by atoms with E-state index in [0.717, 1.165) is 4.90 Å². The Hall–Kier alpha value is -1.27. The molecule has 1 amide bonds. The molecule has 1 N–H and O–H groups in total. The molecule has 0 aromatic rings. The zero-order valence-electron chi connectivity index (χ0n) is 10.2. The molecule has 1 heterocycles. The summed E-state index contributed by atoms with van der Waals surface area (Å²) in [4.78, 5) is 23.0. The van der Waals surface area contributed by atoms with E-state index in [9.17, 15) is 22.8 Å². The smallest absolute Gasteiger partial charge is 0.471 e. The van der Waals surface area contributed by atoms with Gasteiger partial charge in [0.2, 0.25) is 0 Å². The van der Waals surface area contributed by atoms with Gasteiger partial charge in [-0.25, -0.2) is 0 Å². The topological polar surface area (TPSA) is 57.6 Å². The number of carboxylic acids is 1. The van der Waals surface area contributed by atoms with Crippen molar-refractivity contribution in [3.63, 3.8) is 0 Å². The van der Waals surface area contributed by atoms with Crippen LogP contribution in [0, 0.1) is 16.7 Å². The van der Waals surface area contributed by atoms with Crippen molar-refractivity contribution in [2.45, 2.75) is 31.9 Å². The number of alkyl halides is 3. The normalized spacial score (nSPS) is 40.6. The van der Waals surface area contributed by atoms with Gasteiger partial charge in [-0.15, -0.1) is 0 Å². The van der Waals surface area contributed by atoms with Crippen LogP contribution in [0.25, 0.3) is 0 Å². The Kier molecular flexibility index (Phi) is 2.30. The minimum Gasteiger partial charge on any atom is -0.481 e. The number of carbonyl (C=O) groups excluding carboxylic acids is 1. The molecule has 1 saturated heterocycles. The third kappa shape index (κ3) is 1.59. The maximum Gasteiger partial charge on any atom is 0.471 e. The van der Waals surface area contributed by atoms with Crippen LogP contribution >= 0.6 is 0 Å². The number of carboxylic acid groups (broad SMARTS) is 1. The Morgan fingerprint density at radius 2 is 1.79 bits per heavy atom. The summed E-state index contributed by atoms with van der Waals surface area (Å²) in [5.41, 5.74) is -0.722. The molecule has 0 aromatic carbocycles. The second-order valence-corrected chi connectivity index (χ2v) is 6.21. The van der Waals surface area contributed by atoms with E-state index in [0.29, 0.717) is 25.7 Å². The summed E-state index contributed by atoms with van der Waals surface area (Å²) in [5, 5.41) is 9.02. The molecule has 4 rings (SSSR count). The third-order valence-electron chi connectivity index (χ3n) is 5.11. The van der Waals surface area contributed by atoms with Gasteiger partial charge in [-0.1, -0.05) is 0 Å². The van der Waals surface area contributed by atoms with Crippen LogP contribution in [-0.4, -0.2) is 41.1 Å². The maximum absolute atomic E-state index is 12.3. The Labute approximate surface area is 107 Å². The van der Waals surface area contributed by atoms with Gasteiger partial charge in [-0.05, 0) is 37.0 Å². The summed E-state index contributed by atoms with van der Waals surface area (Å²) in [7, 11) is 0. The van der Waals surface area contributed by atoms with Gasteiger partial charge in [0, 0.05) is 13.1 Å². The lowest BCUT2D eigenvalue weighted by atomic mass is 9.32. The molecule has 106 valence electrons. The minimum atomic E-state index is -4.81. The highest BCUT2D eigenvalue weighted by molar-refractivity contribution is 5.82. The minimum absolute atomic E-state index is 0.0278. The highest BCUT2D eigenvalue weighted by Crippen LogP contribution is 2.77. The maximum atomic E-state index is 12.3. The number of nitrogens with zero attached hydrogens (tertiary/aromatic N) is 1. The van der Waals surface area contributed by atoms with Gasteiger partial charge < -0.3 is 10.0 Å². The molecule has 1 atom stereocenters. The zero-order valence-corrected chi connectivity index (χ0v) is 10.2. The molecule has 4 nitrogen and oxygen atoms in total. The fourth-order valence-corrected chi connectivity index (χ4v) is 4.15. The number of aliphatic carboxylic acids is 1. The Morgan fingerprint density at radius 3 is 2.26 bits per heavy atom. The largest absolute Gasteiger partial charge is 0.481 e. The molecule has 7 heteroatoms. The van der Waals surface area contributed by atoms with Crippen molar-refractivity contribution in [2.24, 2.45) is 16.7 Å². The number of halogens is 3. The highest BCUT2D eigenvalue weighted by Gasteiger charge is 2.74. The lowest BCUT2D eigenvalue weighted by molar-refractivity contribution is -0.241. The van der Waals surface area contributed by atoms with Crippen LogP contribution in [0.3, 0.4) is 0 Å². The molecule has 2 bridgehead atoms.